The number of rotatable bonds is 5. The lowest BCUT2D eigenvalue weighted by Gasteiger charge is -2.38. The van der Waals surface area contributed by atoms with Gasteiger partial charge in [0.15, 0.2) is 0 Å². The summed E-state index contributed by atoms with van der Waals surface area (Å²) in [4.78, 5) is 37.7. The zero-order valence-corrected chi connectivity index (χ0v) is 18.6. The van der Waals surface area contributed by atoms with E-state index in [4.69, 9.17) is 9.47 Å². The van der Waals surface area contributed by atoms with Crippen LogP contribution < -0.4 is 9.64 Å². The quantitative estimate of drug-likeness (QED) is 0.666. The molecular weight excluding hydrogens is 408 g/mol. The summed E-state index contributed by atoms with van der Waals surface area (Å²) in [5.74, 6) is 0.583. The average molecular weight is 437 g/mol. The maximum absolute atomic E-state index is 13.3. The Kier molecular flexibility index (Phi) is 5.33. The van der Waals surface area contributed by atoms with E-state index in [0.717, 1.165) is 50.9 Å². The fourth-order valence-electron chi connectivity index (χ4n) is 5.24. The van der Waals surface area contributed by atoms with Crippen LogP contribution in [0, 0.1) is 12.3 Å². The van der Waals surface area contributed by atoms with Crippen LogP contribution in [0.4, 0.5) is 5.82 Å². The molecule has 1 aromatic carbocycles. The number of hydrogen-bond acceptors (Lipinski definition) is 7. The fourth-order valence-corrected chi connectivity index (χ4v) is 5.24. The fraction of sp³-hybridized carbons (Fsp3) is 0.500. The minimum atomic E-state index is -0.282. The molecule has 3 aliphatic rings. The Balaban J connectivity index is 1.19. The number of likely N-dealkylation sites (tertiary alicyclic amines) is 1. The standard InChI is InChI=1S/C24H28N4O4/c1-16-17(3-4-18-19(16)15-32-21(18)29)6-11-27-12-7-24(8-13-27)9-14-28(22(24)30)20-5-10-25-23(26-20)31-2/h3-5,10H,6-9,11-15H2,1-2H3. The molecule has 1 amide bonds. The van der Waals surface area contributed by atoms with Crippen LogP contribution in [0.3, 0.4) is 0 Å². The lowest BCUT2D eigenvalue weighted by atomic mass is 9.77. The number of methoxy groups -OCH3 is 1. The zero-order chi connectivity index (χ0) is 22.3. The monoisotopic (exact) mass is 436 g/mol. The van der Waals surface area contributed by atoms with Crippen molar-refractivity contribution in [1.82, 2.24) is 14.9 Å². The minimum Gasteiger partial charge on any atom is -0.467 e. The SMILES string of the molecule is COc1nccc(N2CCC3(CCN(CCc4ccc5c(c4C)COC5=O)CC3)C2=O)n1. The molecular formula is C24H28N4O4. The van der Waals surface area contributed by atoms with Gasteiger partial charge in [-0.15, -0.1) is 0 Å². The molecule has 32 heavy (non-hydrogen) atoms. The maximum atomic E-state index is 13.3. The number of amides is 1. The summed E-state index contributed by atoms with van der Waals surface area (Å²) in [6, 6.07) is 6.00. The van der Waals surface area contributed by atoms with Gasteiger partial charge >= 0.3 is 12.0 Å². The molecule has 8 nitrogen and oxygen atoms in total. The summed E-state index contributed by atoms with van der Waals surface area (Å²) in [6.45, 7) is 5.93. The first-order valence-electron chi connectivity index (χ1n) is 11.2. The molecule has 2 saturated heterocycles. The van der Waals surface area contributed by atoms with Gasteiger partial charge in [0.25, 0.3) is 0 Å². The summed E-state index contributed by atoms with van der Waals surface area (Å²) >= 11 is 0. The number of esters is 1. The number of hydrogen-bond donors (Lipinski definition) is 0. The number of piperidine rings is 1. The van der Waals surface area contributed by atoms with Crippen molar-refractivity contribution in [1.29, 1.82) is 0 Å². The van der Waals surface area contributed by atoms with Crippen molar-refractivity contribution in [2.24, 2.45) is 5.41 Å². The van der Waals surface area contributed by atoms with Crippen LogP contribution in [-0.2, 0) is 22.6 Å². The van der Waals surface area contributed by atoms with E-state index in [1.54, 1.807) is 17.2 Å². The lowest BCUT2D eigenvalue weighted by Crippen LogP contribution is -2.45. The van der Waals surface area contributed by atoms with Gasteiger partial charge in [-0.3, -0.25) is 9.69 Å². The van der Waals surface area contributed by atoms with Crippen molar-refractivity contribution in [3.63, 3.8) is 0 Å². The molecule has 0 radical (unpaired) electrons. The summed E-state index contributed by atoms with van der Waals surface area (Å²) < 4.78 is 10.3. The molecule has 3 aliphatic heterocycles. The van der Waals surface area contributed by atoms with Gasteiger partial charge in [0.05, 0.1) is 18.1 Å². The number of carbonyl (C=O) groups is 2. The van der Waals surface area contributed by atoms with Crippen LogP contribution in [0.15, 0.2) is 24.4 Å². The molecule has 0 saturated carbocycles. The molecule has 0 atom stereocenters. The smallest absolute Gasteiger partial charge is 0.338 e. The topological polar surface area (TPSA) is 84.9 Å². The highest BCUT2D eigenvalue weighted by Gasteiger charge is 2.48. The molecule has 0 unspecified atom stereocenters. The van der Waals surface area contributed by atoms with E-state index >= 15 is 0 Å². The first-order chi connectivity index (χ1) is 15.5. The van der Waals surface area contributed by atoms with E-state index in [0.29, 0.717) is 24.5 Å². The molecule has 168 valence electrons. The minimum absolute atomic E-state index is 0.178. The van der Waals surface area contributed by atoms with E-state index in [1.165, 1.54) is 18.2 Å². The van der Waals surface area contributed by atoms with Gasteiger partial charge in [0, 0.05) is 24.8 Å². The highest BCUT2D eigenvalue weighted by Crippen LogP contribution is 2.43. The third-order valence-electron chi connectivity index (χ3n) is 7.38. The Labute approximate surface area is 187 Å². The largest absolute Gasteiger partial charge is 0.467 e. The summed E-state index contributed by atoms with van der Waals surface area (Å²) in [7, 11) is 1.53. The number of aromatic nitrogens is 2. The number of nitrogens with zero attached hydrogens (tertiary/aromatic N) is 4. The second kappa shape index (κ2) is 8.16. The third-order valence-corrected chi connectivity index (χ3v) is 7.38. The Morgan fingerprint density at radius 2 is 1.91 bits per heavy atom. The highest BCUT2D eigenvalue weighted by molar-refractivity contribution is 5.99. The van der Waals surface area contributed by atoms with Crippen LogP contribution in [0.25, 0.3) is 0 Å². The normalized spacial score (nSPS) is 20.0. The van der Waals surface area contributed by atoms with Crippen molar-refractivity contribution < 1.29 is 19.1 Å². The number of ether oxygens (including phenoxy) is 2. The first kappa shape index (κ1) is 20.9. The summed E-state index contributed by atoms with van der Waals surface area (Å²) in [6.07, 6.45) is 5.17. The van der Waals surface area contributed by atoms with Gasteiger partial charge < -0.3 is 14.4 Å². The van der Waals surface area contributed by atoms with Crippen molar-refractivity contribution in [3.05, 3.63) is 46.6 Å². The molecule has 8 heteroatoms. The molecule has 1 aromatic heterocycles. The number of benzene rings is 1. The Hall–Kier alpha value is -3.00. The number of cyclic esters (lactones) is 1. The predicted molar refractivity (Wildman–Crippen MR) is 118 cm³/mol. The van der Waals surface area contributed by atoms with Crippen molar-refractivity contribution >= 4 is 17.7 Å². The van der Waals surface area contributed by atoms with Gasteiger partial charge in [0.1, 0.15) is 12.4 Å². The van der Waals surface area contributed by atoms with E-state index in [9.17, 15) is 9.59 Å². The van der Waals surface area contributed by atoms with Crippen LogP contribution in [0.5, 0.6) is 6.01 Å². The molecule has 2 fully saturated rings. The van der Waals surface area contributed by atoms with Crippen LogP contribution >= 0.6 is 0 Å². The molecule has 2 aromatic rings. The van der Waals surface area contributed by atoms with E-state index in [2.05, 4.69) is 27.9 Å². The van der Waals surface area contributed by atoms with Gasteiger partial charge in [-0.05, 0) is 69.0 Å². The van der Waals surface area contributed by atoms with E-state index in [1.807, 2.05) is 6.07 Å². The molecule has 4 heterocycles. The molecule has 5 rings (SSSR count). The third kappa shape index (κ3) is 3.52. The number of carbonyl (C=O) groups excluding carboxylic acids is 2. The Bertz CT molecular complexity index is 1060. The van der Waals surface area contributed by atoms with Crippen molar-refractivity contribution in [2.75, 3.05) is 38.2 Å². The van der Waals surface area contributed by atoms with Crippen LogP contribution in [-0.4, -0.2) is 60.0 Å². The first-order valence-corrected chi connectivity index (χ1v) is 11.2. The maximum Gasteiger partial charge on any atom is 0.338 e. The molecule has 1 spiro atoms. The molecule has 0 aliphatic carbocycles. The summed E-state index contributed by atoms with van der Waals surface area (Å²) in [5.41, 5.74) is 3.89. The van der Waals surface area contributed by atoms with Crippen LogP contribution in [0.2, 0.25) is 0 Å². The Morgan fingerprint density at radius 3 is 2.69 bits per heavy atom. The Morgan fingerprint density at radius 1 is 1.12 bits per heavy atom. The van der Waals surface area contributed by atoms with Gasteiger partial charge in [-0.2, -0.15) is 4.98 Å². The predicted octanol–water partition coefficient (Wildman–Crippen LogP) is 2.53. The number of anilines is 1. The van der Waals surface area contributed by atoms with E-state index < -0.39 is 0 Å². The van der Waals surface area contributed by atoms with Crippen molar-refractivity contribution in [3.8, 4) is 6.01 Å². The molecule has 0 N–H and O–H groups in total. The van der Waals surface area contributed by atoms with Gasteiger partial charge in [-0.1, -0.05) is 6.07 Å². The number of fused-ring (bicyclic) bond motifs is 1. The van der Waals surface area contributed by atoms with E-state index in [-0.39, 0.29) is 23.3 Å². The van der Waals surface area contributed by atoms with Gasteiger partial charge in [-0.25, -0.2) is 9.78 Å². The average Bonchev–Trinajstić information content (AvgIpc) is 3.35. The zero-order valence-electron chi connectivity index (χ0n) is 18.6. The van der Waals surface area contributed by atoms with Gasteiger partial charge in [0.2, 0.25) is 5.91 Å². The highest BCUT2D eigenvalue weighted by atomic mass is 16.5. The second-order valence-corrected chi connectivity index (χ2v) is 8.93. The second-order valence-electron chi connectivity index (χ2n) is 8.93. The van der Waals surface area contributed by atoms with Crippen LogP contribution in [0.1, 0.15) is 46.3 Å². The molecule has 0 bridgehead atoms. The van der Waals surface area contributed by atoms with Crippen molar-refractivity contribution in [2.45, 2.75) is 39.2 Å². The lowest BCUT2D eigenvalue weighted by molar-refractivity contribution is -0.128. The summed E-state index contributed by atoms with van der Waals surface area (Å²) in [5, 5.41) is 0.